The van der Waals surface area contributed by atoms with Crippen molar-refractivity contribution in [2.24, 2.45) is 0 Å². The molecule has 2 aromatic heterocycles. The van der Waals surface area contributed by atoms with Crippen molar-refractivity contribution in [1.82, 2.24) is 15.2 Å². The minimum atomic E-state index is -1.79. The highest BCUT2D eigenvalue weighted by atomic mass is 32.2. The maximum absolute atomic E-state index is 11.1. The molecule has 2 aromatic rings. The molecule has 13 nitrogen and oxygen atoms in total. The number of aliphatic carboxylic acids is 1. The van der Waals surface area contributed by atoms with Gasteiger partial charge in [0.2, 0.25) is 5.13 Å². The summed E-state index contributed by atoms with van der Waals surface area (Å²) in [6.07, 6.45) is -7.11. The Morgan fingerprint density at radius 1 is 1.22 bits per heavy atom. The summed E-state index contributed by atoms with van der Waals surface area (Å²) in [7, 11) is 0. The molecule has 16 heteroatoms. The number of hydrogen-bond acceptors (Lipinski definition) is 14. The van der Waals surface area contributed by atoms with Gasteiger partial charge in [-0.3, -0.25) is 10.1 Å². The molecule has 3 heterocycles. The molecular formula is C11H11N5O8S3. The number of aromatic nitrogens is 3. The molecule has 0 spiro atoms. The number of nitrogens with one attached hydrogen (secondary N) is 1. The third kappa shape index (κ3) is 4.32. The zero-order valence-corrected chi connectivity index (χ0v) is 15.3. The van der Waals surface area contributed by atoms with Crippen molar-refractivity contribution >= 4 is 50.5 Å². The van der Waals surface area contributed by atoms with E-state index in [0.29, 0.717) is 8.68 Å². The number of carboxylic acid groups (broad SMARTS) is 1. The quantitative estimate of drug-likeness (QED) is 0.282. The average molecular weight is 437 g/mol. The van der Waals surface area contributed by atoms with Gasteiger partial charge in [0, 0.05) is 0 Å². The first-order valence-electron chi connectivity index (χ1n) is 7.07. The summed E-state index contributed by atoms with van der Waals surface area (Å²) in [5.74, 6) is -1.50. The summed E-state index contributed by atoms with van der Waals surface area (Å²) in [6.45, 7) is 0. The number of ether oxygens (including phenoxy) is 1. The van der Waals surface area contributed by atoms with Gasteiger partial charge < -0.3 is 30.5 Å². The molecule has 0 radical (unpaired) electrons. The van der Waals surface area contributed by atoms with Crippen LogP contribution in [0, 0.1) is 10.1 Å². The van der Waals surface area contributed by atoms with Crippen molar-refractivity contribution in [3.8, 4) is 0 Å². The molecule has 0 amide bonds. The van der Waals surface area contributed by atoms with E-state index in [1.54, 1.807) is 0 Å². The van der Waals surface area contributed by atoms with Gasteiger partial charge in [-0.05, 0) is 23.1 Å². The Balaban J connectivity index is 1.67. The number of rotatable bonds is 6. The van der Waals surface area contributed by atoms with E-state index in [0.717, 1.165) is 40.6 Å². The van der Waals surface area contributed by atoms with Crippen LogP contribution in [0.1, 0.15) is 0 Å². The number of nitro groups is 1. The van der Waals surface area contributed by atoms with Crippen molar-refractivity contribution in [3.63, 3.8) is 0 Å². The molecule has 1 aliphatic heterocycles. The Kier molecular flexibility index (Phi) is 5.84. The largest absolute Gasteiger partial charge is 0.479 e. The normalized spacial score (nSPS) is 28.0. The summed E-state index contributed by atoms with van der Waals surface area (Å²) >= 11 is 2.90. The van der Waals surface area contributed by atoms with Gasteiger partial charge in [-0.1, -0.05) is 11.3 Å². The summed E-state index contributed by atoms with van der Waals surface area (Å²) in [4.78, 5) is 25.1. The van der Waals surface area contributed by atoms with E-state index in [4.69, 9.17) is 9.84 Å². The predicted octanol–water partition coefficient (Wildman–Crippen LogP) is -0.642. The van der Waals surface area contributed by atoms with Crippen LogP contribution in [0.3, 0.4) is 0 Å². The molecule has 27 heavy (non-hydrogen) atoms. The number of carboxylic acids is 1. The van der Waals surface area contributed by atoms with Crippen LogP contribution >= 0.6 is 34.4 Å². The van der Waals surface area contributed by atoms with Crippen LogP contribution in [0.4, 0.5) is 10.1 Å². The van der Waals surface area contributed by atoms with Gasteiger partial charge in [-0.15, -0.1) is 10.2 Å². The molecular weight excluding hydrogens is 426 g/mol. The number of aliphatic hydroxyl groups excluding tert-OH is 3. The number of hydrogen-bond donors (Lipinski definition) is 5. The SMILES string of the molecule is O=C(O)C1OC(Nc2nnc(Sc3ncc([N+](=O)[O-])s3)s2)C(O)C(O)C1O. The van der Waals surface area contributed by atoms with Crippen LogP contribution in [0.2, 0.25) is 0 Å². The lowest BCUT2D eigenvalue weighted by Crippen LogP contribution is -2.61. The first-order chi connectivity index (χ1) is 12.8. The van der Waals surface area contributed by atoms with Gasteiger partial charge in [-0.2, -0.15) is 0 Å². The van der Waals surface area contributed by atoms with Crippen LogP contribution in [0.25, 0.3) is 0 Å². The molecule has 0 aliphatic carbocycles. The van der Waals surface area contributed by atoms with Crippen molar-refractivity contribution in [3.05, 3.63) is 16.3 Å². The molecule has 0 aromatic carbocycles. The fourth-order valence-corrected chi connectivity index (χ4v) is 4.85. The number of thiazole rings is 1. The highest BCUT2D eigenvalue weighted by Crippen LogP contribution is 2.37. The van der Waals surface area contributed by atoms with Crippen LogP contribution in [-0.2, 0) is 9.53 Å². The second kappa shape index (κ2) is 7.97. The average Bonchev–Trinajstić information content (AvgIpc) is 3.25. The lowest BCUT2D eigenvalue weighted by molar-refractivity contribution is -0.380. The molecule has 5 unspecified atom stereocenters. The van der Waals surface area contributed by atoms with Crippen molar-refractivity contribution in [2.75, 3.05) is 5.32 Å². The fourth-order valence-electron chi connectivity index (χ4n) is 2.09. The zero-order chi connectivity index (χ0) is 19.7. The van der Waals surface area contributed by atoms with E-state index in [2.05, 4.69) is 20.5 Å². The smallest absolute Gasteiger partial charge is 0.344 e. The van der Waals surface area contributed by atoms with E-state index in [1.165, 1.54) is 0 Å². The first-order valence-corrected chi connectivity index (χ1v) is 9.52. The van der Waals surface area contributed by atoms with Crippen LogP contribution in [0.5, 0.6) is 0 Å². The minimum Gasteiger partial charge on any atom is -0.479 e. The van der Waals surface area contributed by atoms with E-state index in [-0.39, 0.29) is 10.1 Å². The number of anilines is 1. The molecule has 3 rings (SSSR count). The van der Waals surface area contributed by atoms with Crippen molar-refractivity contribution in [1.29, 1.82) is 0 Å². The molecule has 146 valence electrons. The Labute approximate surface area is 161 Å². The summed E-state index contributed by atoms with van der Waals surface area (Å²) < 4.78 is 5.84. The number of nitrogens with zero attached hydrogens (tertiary/aromatic N) is 4. The predicted molar refractivity (Wildman–Crippen MR) is 90.7 cm³/mol. The van der Waals surface area contributed by atoms with Crippen LogP contribution in [-0.4, -0.2) is 77.1 Å². The molecule has 1 aliphatic rings. The Hall–Kier alpha value is -1.95. The van der Waals surface area contributed by atoms with Gasteiger partial charge in [0.05, 0.1) is 4.92 Å². The minimum absolute atomic E-state index is 0.119. The summed E-state index contributed by atoms with van der Waals surface area (Å²) in [5.41, 5.74) is 0. The van der Waals surface area contributed by atoms with Gasteiger partial charge in [0.15, 0.2) is 21.0 Å². The van der Waals surface area contributed by atoms with E-state index in [1.807, 2.05) is 0 Å². The lowest BCUT2D eigenvalue weighted by Gasteiger charge is -2.38. The fraction of sp³-hybridized carbons (Fsp3) is 0.455. The van der Waals surface area contributed by atoms with Gasteiger partial charge in [0.1, 0.15) is 24.5 Å². The maximum Gasteiger partial charge on any atom is 0.344 e. The van der Waals surface area contributed by atoms with E-state index < -0.39 is 41.5 Å². The molecule has 1 saturated heterocycles. The van der Waals surface area contributed by atoms with E-state index >= 15 is 0 Å². The second-order valence-corrected chi connectivity index (χ2v) is 8.61. The Morgan fingerprint density at radius 2 is 1.96 bits per heavy atom. The monoisotopic (exact) mass is 437 g/mol. The van der Waals surface area contributed by atoms with Gasteiger partial charge in [-0.25, -0.2) is 9.78 Å². The maximum atomic E-state index is 11.1. The van der Waals surface area contributed by atoms with Crippen LogP contribution in [0.15, 0.2) is 14.9 Å². The van der Waals surface area contributed by atoms with Crippen LogP contribution < -0.4 is 5.32 Å². The third-order valence-corrected chi connectivity index (χ3v) is 6.28. The summed E-state index contributed by atoms with van der Waals surface area (Å²) in [5, 5.41) is 59.3. The van der Waals surface area contributed by atoms with Crippen molar-refractivity contribution < 1.29 is 34.9 Å². The Bertz CT molecular complexity index is 846. The summed E-state index contributed by atoms with van der Waals surface area (Å²) in [6, 6.07) is 0. The molecule has 0 saturated carbocycles. The Morgan fingerprint density at radius 3 is 2.59 bits per heavy atom. The molecule has 5 N–H and O–H groups in total. The highest BCUT2D eigenvalue weighted by Gasteiger charge is 2.47. The molecule has 5 atom stereocenters. The third-order valence-electron chi connectivity index (χ3n) is 3.36. The molecule has 1 fully saturated rings. The van der Waals surface area contributed by atoms with Gasteiger partial charge in [0.25, 0.3) is 0 Å². The number of aliphatic hydroxyl groups is 3. The lowest BCUT2D eigenvalue weighted by atomic mass is 9.98. The second-order valence-electron chi connectivity index (χ2n) is 5.13. The van der Waals surface area contributed by atoms with E-state index in [9.17, 15) is 30.2 Å². The first kappa shape index (κ1) is 19.8. The highest BCUT2D eigenvalue weighted by molar-refractivity contribution is 8.02. The van der Waals surface area contributed by atoms with Gasteiger partial charge >= 0.3 is 11.0 Å². The van der Waals surface area contributed by atoms with Crippen molar-refractivity contribution in [2.45, 2.75) is 39.3 Å². The zero-order valence-electron chi connectivity index (χ0n) is 12.9. The standard InChI is InChI=1S/C11H11N5O8S3/c17-3-4(18)6(8(20)21)24-7(5(3)19)13-9-14-15-11(26-9)27-10-12-1-2(25-10)16(22)23/h1,3-7,17-19H,(H,13,14)(H,20,21). The topological polar surface area (TPSA) is 201 Å². The number of carbonyl (C=O) groups is 1. The molecule has 0 bridgehead atoms.